The van der Waals surface area contributed by atoms with Crippen LogP contribution in [-0.2, 0) is 5.88 Å². The van der Waals surface area contributed by atoms with Gasteiger partial charge >= 0.3 is 0 Å². The summed E-state index contributed by atoms with van der Waals surface area (Å²) >= 11 is 16.9. The smallest absolute Gasteiger partial charge is 0.148 e. The molecule has 0 atom stereocenters. The molecule has 2 N–H and O–H groups in total. The number of nitrogens with two attached hydrogens (primary N) is 1. The number of aromatic nitrogens is 1. The average Bonchev–Trinajstić information content (AvgIpc) is 1.99. The Bertz CT molecular complexity index is 275. The predicted octanol–water partition coefficient (Wildman–Crippen LogP) is 2.71. The molecule has 1 rings (SSSR count). The summed E-state index contributed by atoms with van der Waals surface area (Å²) in [5, 5.41) is 0.568. The van der Waals surface area contributed by atoms with Crippen LogP contribution in [0.1, 0.15) is 5.56 Å². The van der Waals surface area contributed by atoms with Crippen LogP contribution in [0, 0.1) is 0 Å². The molecule has 0 saturated carbocycles. The van der Waals surface area contributed by atoms with Gasteiger partial charge < -0.3 is 5.73 Å². The SMILES string of the molecule is Nc1cnc(Cl)c(Cl)c1CCl. The molecule has 0 aromatic carbocycles. The summed E-state index contributed by atoms with van der Waals surface area (Å²) in [6, 6.07) is 0. The number of alkyl halides is 1. The van der Waals surface area contributed by atoms with E-state index < -0.39 is 0 Å². The number of hydrogen-bond donors (Lipinski definition) is 1. The molecule has 0 aliphatic rings. The first-order valence-electron chi connectivity index (χ1n) is 2.81. The summed E-state index contributed by atoms with van der Waals surface area (Å²) < 4.78 is 0. The molecule has 0 aliphatic heterocycles. The van der Waals surface area contributed by atoms with Gasteiger partial charge in [-0.25, -0.2) is 4.98 Å². The van der Waals surface area contributed by atoms with E-state index in [2.05, 4.69) is 4.98 Å². The molecule has 0 amide bonds. The minimum absolute atomic E-state index is 0.233. The van der Waals surface area contributed by atoms with Crippen molar-refractivity contribution < 1.29 is 0 Å². The predicted molar refractivity (Wildman–Crippen MR) is 48.2 cm³/mol. The third-order valence-electron chi connectivity index (χ3n) is 1.25. The maximum absolute atomic E-state index is 5.74. The van der Waals surface area contributed by atoms with Crippen molar-refractivity contribution in [3.63, 3.8) is 0 Å². The molecular weight excluding hydrogens is 206 g/mol. The summed E-state index contributed by atoms with van der Waals surface area (Å²) in [5.74, 6) is 0.243. The number of nitrogens with zero attached hydrogens (tertiary/aromatic N) is 1. The molecule has 1 aromatic rings. The second-order valence-electron chi connectivity index (χ2n) is 1.93. The van der Waals surface area contributed by atoms with Crippen LogP contribution in [0.3, 0.4) is 0 Å². The zero-order valence-corrected chi connectivity index (χ0v) is 7.71. The molecule has 0 saturated heterocycles. The fourth-order valence-electron chi connectivity index (χ4n) is 0.648. The minimum atomic E-state index is 0.233. The summed E-state index contributed by atoms with van der Waals surface area (Å²) in [5.41, 5.74) is 6.61. The molecule has 1 aromatic heterocycles. The summed E-state index contributed by atoms with van der Waals surface area (Å²) in [6.45, 7) is 0. The van der Waals surface area contributed by atoms with Gasteiger partial charge in [-0.15, -0.1) is 11.6 Å². The van der Waals surface area contributed by atoms with Gasteiger partial charge in [-0.1, -0.05) is 23.2 Å². The Morgan fingerprint density at radius 3 is 2.55 bits per heavy atom. The standard InChI is InChI=1S/C6H5Cl3N2/c7-1-3-4(10)2-11-6(9)5(3)8/h2H,1,10H2. The van der Waals surface area contributed by atoms with Gasteiger partial charge in [-0.05, 0) is 0 Å². The maximum Gasteiger partial charge on any atom is 0.148 e. The lowest BCUT2D eigenvalue weighted by Crippen LogP contribution is -1.94. The van der Waals surface area contributed by atoms with Gasteiger partial charge in [0.15, 0.2) is 0 Å². The zero-order chi connectivity index (χ0) is 8.43. The molecule has 0 fully saturated rings. The van der Waals surface area contributed by atoms with Gasteiger partial charge in [-0.3, -0.25) is 0 Å². The molecule has 2 nitrogen and oxygen atoms in total. The Hall–Kier alpha value is -0.180. The van der Waals surface area contributed by atoms with E-state index in [1.807, 2.05) is 0 Å². The number of halogens is 3. The highest BCUT2D eigenvalue weighted by Crippen LogP contribution is 2.28. The van der Waals surface area contributed by atoms with Crippen molar-refractivity contribution in [2.24, 2.45) is 0 Å². The molecule has 0 radical (unpaired) electrons. The Morgan fingerprint density at radius 1 is 1.45 bits per heavy atom. The number of hydrogen-bond acceptors (Lipinski definition) is 2. The number of nitrogen functional groups attached to an aromatic ring is 1. The fourth-order valence-corrected chi connectivity index (χ4v) is 1.39. The van der Waals surface area contributed by atoms with Gasteiger partial charge in [0.05, 0.1) is 22.8 Å². The Kier molecular flexibility index (Phi) is 2.82. The summed E-state index contributed by atoms with van der Waals surface area (Å²) in [4.78, 5) is 3.74. The van der Waals surface area contributed by atoms with Crippen LogP contribution in [-0.4, -0.2) is 4.98 Å². The van der Waals surface area contributed by atoms with Gasteiger partial charge in [0.2, 0.25) is 0 Å². The van der Waals surface area contributed by atoms with Crippen LogP contribution in [0.25, 0.3) is 0 Å². The van der Waals surface area contributed by atoms with Crippen LogP contribution in [0.2, 0.25) is 10.2 Å². The minimum Gasteiger partial charge on any atom is -0.397 e. The van der Waals surface area contributed by atoms with Crippen molar-refractivity contribution in [2.75, 3.05) is 5.73 Å². The highest BCUT2D eigenvalue weighted by atomic mass is 35.5. The van der Waals surface area contributed by atoms with Crippen LogP contribution in [0.4, 0.5) is 5.69 Å². The van der Waals surface area contributed by atoms with Gasteiger partial charge in [0, 0.05) is 5.56 Å². The number of pyridine rings is 1. The summed E-state index contributed by atoms with van der Waals surface area (Å²) in [7, 11) is 0. The number of rotatable bonds is 1. The molecule has 0 bridgehead atoms. The molecule has 0 spiro atoms. The van der Waals surface area contributed by atoms with E-state index in [0.717, 1.165) is 0 Å². The number of anilines is 1. The monoisotopic (exact) mass is 210 g/mol. The van der Waals surface area contributed by atoms with Crippen LogP contribution in [0.15, 0.2) is 6.20 Å². The van der Waals surface area contributed by atoms with E-state index in [9.17, 15) is 0 Å². The van der Waals surface area contributed by atoms with E-state index in [-0.39, 0.29) is 11.0 Å². The summed E-state index contributed by atoms with van der Waals surface area (Å²) in [6.07, 6.45) is 1.44. The van der Waals surface area contributed by atoms with Gasteiger partial charge in [-0.2, -0.15) is 0 Å². The van der Waals surface area contributed by atoms with Crippen molar-refractivity contribution in [1.82, 2.24) is 4.98 Å². The first-order valence-corrected chi connectivity index (χ1v) is 4.10. The van der Waals surface area contributed by atoms with Crippen molar-refractivity contribution >= 4 is 40.5 Å². The lowest BCUT2D eigenvalue weighted by molar-refractivity contribution is 1.27. The van der Waals surface area contributed by atoms with E-state index in [1.165, 1.54) is 6.20 Å². The molecule has 0 aliphatic carbocycles. The third kappa shape index (κ3) is 1.70. The fraction of sp³-hybridized carbons (Fsp3) is 0.167. The van der Waals surface area contributed by atoms with Gasteiger partial charge in [0.1, 0.15) is 5.15 Å². The lowest BCUT2D eigenvalue weighted by atomic mass is 10.2. The highest BCUT2D eigenvalue weighted by molar-refractivity contribution is 6.42. The van der Waals surface area contributed by atoms with Crippen LogP contribution < -0.4 is 5.73 Å². The largest absolute Gasteiger partial charge is 0.397 e. The van der Waals surface area contributed by atoms with E-state index in [0.29, 0.717) is 16.3 Å². The van der Waals surface area contributed by atoms with Crippen LogP contribution in [0.5, 0.6) is 0 Å². The molecule has 0 unspecified atom stereocenters. The zero-order valence-electron chi connectivity index (χ0n) is 5.44. The van der Waals surface area contributed by atoms with Crippen LogP contribution >= 0.6 is 34.8 Å². The Balaban J connectivity index is 3.29. The highest BCUT2D eigenvalue weighted by Gasteiger charge is 2.07. The second-order valence-corrected chi connectivity index (χ2v) is 2.93. The van der Waals surface area contributed by atoms with Crippen molar-refractivity contribution in [1.29, 1.82) is 0 Å². The topological polar surface area (TPSA) is 38.9 Å². The van der Waals surface area contributed by atoms with Gasteiger partial charge in [0.25, 0.3) is 0 Å². The van der Waals surface area contributed by atoms with E-state index in [1.54, 1.807) is 0 Å². The molecular formula is C6H5Cl3N2. The molecule has 1 heterocycles. The Morgan fingerprint density at radius 2 is 2.09 bits per heavy atom. The molecule has 11 heavy (non-hydrogen) atoms. The molecule has 5 heteroatoms. The molecule has 60 valence electrons. The lowest BCUT2D eigenvalue weighted by Gasteiger charge is -2.03. The van der Waals surface area contributed by atoms with E-state index >= 15 is 0 Å². The maximum atomic E-state index is 5.74. The third-order valence-corrected chi connectivity index (χ3v) is 2.30. The average molecular weight is 211 g/mol. The van der Waals surface area contributed by atoms with E-state index in [4.69, 9.17) is 40.5 Å². The first kappa shape index (κ1) is 8.91. The van der Waals surface area contributed by atoms with Crippen molar-refractivity contribution in [2.45, 2.75) is 5.88 Å². The van der Waals surface area contributed by atoms with Crippen molar-refractivity contribution in [3.05, 3.63) is 21.9 Å². The second kappa shape index (κ2) is 3.48. The van der Waals surface area contributed by atoms with Crippen molar-refractivity contribution in [3.8, 4) is 0 Å². The Labute approximate surface area is 79.3 Å². The first-order chi connectivity index (χ1) is 5.16. The quantitative estimate of drug-likeness (QED) is 0.573. The normalized spacial score (nSPS) is 10.1.